The highest BCUT2D eigenvalue weighted by Gasteiger charge is 2.95. The first kappa shape index (κ1) is 38.3. The summed E-state index contributed by atoms with van der Waals surface area (Å²) in [6, 6.07) is 1.23. The van der Waals surface area contributed by atoms with Crippen molar-refractivity contribution in [3.8, 4) is 6.07 Å². The van der Waals surface area contributed by atoms with Crippen molar-refractivity contribution in [3.05, 3.63) is 16.0 Å². The number of nitriles is 1. The second-order valence-corrected chi connectivity index (χ2v) is 9.82. The van der Waals surface area contributed by atoms with Crippen molar-refractivity contribution in [3.63, 3.8) is 0 Å². The van der Waals surface area contributed by atoms with Gasteiger partial charge in [0.25, 0.3) is 5.91 Å². The molecule has 0 aliphatic rings. The molecule has 5 nitrogen and oxygen atoms in total. The predicted octanol–water partition coefficient (Wildman–Crippen LogP) is 7.63. The van der Waals surface area contributed by atoms with Crippen LogP contribution in [-0.4, -0.2) is 76.6 Å². The number of halogens is 17. The van der Waals surface area contributed by atoms with Gasteiger partial charge < -0.3 is 10.2 Å². The second-order valence-electron chi connectivity index (χ2n) is 8.32. The Balaban J connectivity index is 3.67. The molecule has 0 aromatic carbocycles. The van der Waals surface area contributed by atoms with E-state index >= 15 is 0 Å². The number of thiophene rings is 1. The first-order valence-electron chi connectivity index (χ1n) is 10.8. The van der Waals surface area contributed by atoms with Crippen LogP contribution >= 0.6 is 22.9 Å². The summed E-state index contributed by atoms with van der Waals surface area (Å²) in [5.41, 5.74) is -1.33. The van der Waals surface area contributed by atoms with Gasteiger partial charge in [0, 0.05) is 13.1 Å². The fourth-order valence-corrected chi connectivity index (χ4v) is 4.32. The molecule has 0 bridgehead atoms. The molecule has 2 amide bonds. The van der Waals surface area contributed by atoms with E-state index in [9.17, 15) is 85.1 Å². The zero-order valence-corrected chi connectivity index (χ0v) is 22.5. The fourth-order valence-electron chi connectivity index (χ4n) is 3.08. The fraction of sp³-hybridized carbons (Fsp3) is 0.650. The van der Waals surface area contributed by atoms with Crippen LogP contribution in [0.15, 0.2) is 0 Å². The van der Waals surface area contributed by atoms with Crippen molar-refractivity contribution in [1.29, 1.82) is 5.26 Å². The van der Waals surface area contributed by atoms with E-state index in [2.05, 4.69) is 11.6 Å². The summed E-state index contributed by atoms with van der Waals surface area (Å²) in [7, 11) is 0. The van der Waals surface area contributed by atoms with Crippen LogP contribution in [0, 0.1) is 18.3 Å². The molecule has 1 rings (SSSR count). The Morgan fingerprint density at radius 2 is 1.14 bits per heavy atom. The van der Waals surface area contributed by atoms with Crippen molar-refractivity contribution < 1.29 is 79.8 Å². The van der Waals surface area contributed by atoms with E-state index in [1.54, 1.807) is 0 Å². The molecule has 0 saturated heterocycles. The predicted molar refractivity (Wildman–Crippen MR) is 115 cm³/mol. The van der Waals surface area contributed by atoms with Crippen molar-refractivity contribution in [2.75, 3.05) is 18.4 Å². The largest absolute Gasteiger partial charge is 0.393 e. The maximum absolute atomic E-state index is 14.3. The number of rotatable bonds is 12. The summed E-state index contributed by atoms with van der Waals surface area (Å²) in [5, 5.41) is 1.76. The number of anilines is 1. The van der Waals surface area contributed by atoms with Gasteiger partial charge in [-0.15, -0.1) is 11.3 Å². The Bertz CT molecular complexity index is 1280. The summed E-state index contributed by atoms with van der Waals surface area (Å²) in [4.78, 5) is 25.0. The minimum Gasteiger partial charge on any atom is -0.338 e. The van der Waals surface area contributed by atoms with Crippen LogP contribution in [0.3, 0.4) is 0 Å². The molecule has 43 heavy (non-hydrogen) atoms. The van der Waals surface area contributed by atoms with Crippen LogP contribution in [-0.2, 0) is 4.79 Å². The van der Waals surface area contributed by atoms with Crippen LogP contribution in [0.2, 0.25) is 0 Å². The van der Waals surface area contributed by atoms with Gasteiger partial charge in [0.2, 0.25) is 0 Å². The van der Waals surface area contributed by atoms with E-state index in [4.69, 9.17) is 0 Å². The maximum Gasteiger partial charge on any atom is 0.393 e. The van der Waals surface area contributed by atoms with Gasteiger partial charge in [-0.25, -0.2) is 0 Å². The summed E-state index contributed by atoms with van der Waals surface area (Å²) in [6.45, 7) is 3.85. The molecule has 1 aromatic rings. The van der Waals surface area contributed by atoms with Crippen molar-refractivity contribution >= 4 is 39.8 Å². The molecule has 0 saturated carbocycles. The molecule has 0 spiro atoms. The molecule has 246 valence electrons. The number of alkyl halides is 17. The van der Waals surface area contributed by atoms with E-state index in [0.717, 1.165) is 17.1 Å². The van der Waals surface area contributed by atoms with E-state index in [1.807, 2.05) is 0 Å². The topological polar surface area (TPSA) is 73.2 Å². The number of carbonyl (C=O) groups excluding carboxylic acids is 2. The third-order valence-electron chi connectivity index (χ3n) is 5.74. The van der Waals surface area contributed by atoms with Crippen LogP contribution in [0.25, 0.3) is 0 Å². The molecule has 0 fully saturated rings. The maximum atomic E-state index is 14.3. The van der Waals surface area contributed by atoms with Crippen molar-refractivity contribution in [1.82, 2.24) is 4.90 Å². The van der Waals surface area contributed by atoms with Crippen LogP contribution < -0.4 is 5.32 Å². The van der Waals surface area contributed by atoms with E-state index in [0.29, 0.717) is 0 Å². The summed E-state index contributed by atoms with van der Waals surface area (Å²) < 4.78 is 219. The van der Waals surface area contributed by atoms with Gasteiger partial charge >= 0.3 is 52.7 Å². The molecule has 0 atom stereocenters. The molecule has 0 radical (unpaired) electrons. The summed E-state index contributed by atoms with van der Waals surface area (Å²) >= 11 is 3.37. The van der Waals surface area contributed by atoms with Gasteiger partial charge in [0.15, 0.2) is 0 Å². The lowest BCUT2D eigenvalue weighted by Gasteiger charge is -2.42. The number of hydrogen-bond donors (Lipinski definition) is 1. The average Bonchev–Trinajstić information content (AvgIpc) is 3.17. The van der Waals surface area contributed by atoms with Crippen LogP contribution in [0.4, 0.5) is 75.2 Å². The van der Waals surface area contributed by atoms with E-state index < -0.39 is 79.7 Å². The van der Waals surface area contributed by atoms with E-state index in [1.165, 1.54) is 19.9 Å². The second kappa shape index (κ2) is 11.3. The Kier molecular flexibility index (Phi) is 10.1. The highest BCUT2D eigenvalue weighted by Crippen LogP contribution is 2.64. The Labute approximate surface area is 238 Å². The number of nitrogens with zero attached hydrogens (tertiary/aromatic N) is 2. The Morgan fingerprint density at radius 1 is 0.767 bits per heavy atom. The highest BCUT2D eigenvalue weighted by molar-refractivity contribution is 7.18. The molecule has 0 aliphatic heterocycles. The standard InChI is InChI=1S/C20H14ClF16N3O2S/c1-4-40(5-2)11(41)9-7(3)8(6-38)10(43-9)39-12(42)13(22,23)14(24,25)15(26,27)16(28,29)17(30,31)18(32,33)19(34,35)20(21,36)37/h4-5H2,1-3H3,(H,39,42). The lowest BCUT2D eigenvalue weighted by molar-refractivity contribution is -0.445. The van der Waals surface area contributed by atoms with Gasteiger partial charge in [0.05, 0.1) is 10.4 Å². The zero-order chi connectivity index (χ0) is 34.6. The third-order valence-corrected chi connectivity index (χ3v) is 7.17. The molecule has 0 unspecified atom stereocenters. The first-order valence-corrected chi connectivity index (χ1v) is 12.0. The molecule has 0 aliphatic carbocycles. The number of hydrogen-bond acceptors (Lipinski definition) is 4. The molecule has 23 heteroatoms. The normalized spacial score (nSPS) is 14.4. The average molecular weight is 700 g/mol. The minimum atomic E-state index is -8.73. The first-order chi connectivity index (χ1) is 18.9. The van der Waals surface area contributed by atoms with Gasteiger partial charge in [-0.2, -0.15) is 75.5 Å². The van der Waals surface area contributed by atoms with Crippen molar-refractivity contribution in [2.45, 2.75) is 67.6 Å². The van der Waals surface area contributed by atoms with Gasteiger partial charge in [-0.3, -0.25) is 9.59 Å². The van der Waals surface area contributed by atoms with Gasteiger partial charge in [0.1, 0.15) is 11.1 Å². The van der Waals surface area contributed by atoms with Crippen LogP contribution in [0.1, 0.15) is 34.6 Å². The zero-order valence-electron chi connectivity index (χ0n) is 21.0. The molecular formula is C20H14ClF16N3O2S. The monoisotopic (exact) mass is 699 g/mol. The highest BCUT2D eigenvalue weighted by atomic mass is 35.5. The quantitative estimate of drug-likeness (QED) is 0.180. The summed E-state index contributed by atoms with van der Waals surface area (Å²) in [6.07, 6.45) is 0. The number of amides is 2. The molecule has 1 aromatic heterocycles. The smallest absolute Gasteiger partial charge is 0.338 e. The van der Waals surface area contributed by atoms with E-state index in [-0.39, 0.29) is 24.4 Å². The third kappa shape index (κ3) is 5.44. The summed E-state index contributed by atoms with van der Waals surface area (Å²) in [5.74, 6) is -62.5. The van der Waals surface area contributed by atoms with Gasteiger partial charge in [-0.05, 0) is 37.9 Å². The number of carbonyl (C=O) groups is 2. The SMILES string of the molecule is CCN(CC)C(=O)c1sc(NC(=O)C(F)(F)C(F)(F)C(F)(F)C(F)(F)C(F)(F)C(F)(F)C(F)(F)C(F)(F)Cl)c(C#N)c1C. The lowest BCUT2D eigenvalue weighted by Crippen LogP contribution is -2.75. The molecule has 1 N–H and O–H groups in total. The lowest BCUT2D eigenvalue weighted by atomic mass is 9.89. The minimum absolute atomic E-state index is 0.00197. The Hall–Kier alpha value is -2.70. The molecule has 1 heterocycles. The Morgan fingerprint density at radius 3 is 1.49 bits per heavy atom. The van der Waals surface area contributed by atoms with Crippen LogP contribution in [0.5, 0.6) is 0 Å². The number of nitrogens with one attached hydrogen (secondary N) is 1. The molecular weight excluding hydrogens is 686 g/mol. The van der Waals surface area contributed by atoms with Gasteiger partial charge in [-0.1, -0.05) is 0 Å². The van der Waals surface area contributed by atoms with Crippen molar-refractivity contribution in [2.24, 2.45) is 0 Å².